The van der Waals surface area contributed by atoms with Gasteiger partial charge < -0.3 is 24.3 Å². The van der Waals surface area contributed by atoms with Gasteiger partial charge in [-0.15, -0.1) is 15.0 Å². The van der Waals surface area contributed by atoms with E-state index in [4.69, 9.17) is 18.9 Å². The molecule has 2 aromatic carbocycles. The summed E-state index contributed by atoms with van der Waals surface area (Å²) < 4.78 is 21.6. The quantitative estimate of drug-likeness (QED) is 0.244. The Hall–Kier alpha value is -3.92. The van der Waals surface area contributed by atoms with Gasteiger partial charge in [0.1, 0.15) is 6.61 Å². The number of anilines is 1. The fourth-order valence-electron chi connectivity index (χ4n) is 2.98. The van der Waals surface area contributed by atoms with Crippen molar-refractivity contribution in [2.45, 2.75) is 26.7 Å². The van der Waals surface area contributed by atoms with Crippen molar-refractivity contribution in [2.24, 2.45) is 5.10 Å². The Kier molecular flexibility index (Phi) is 8.98. The minimum Gasteiger partial charge on any atom is -0.493 e. The monoisotopic (exact) mass is 467 g/mol. The van der Waals surface area contributed by atoms with Crippen LogP contribution in [0.15, 0.2) is 47.6 Å². The first-order valence-electron chi connectivity index (χ1n) is 10.9. The number of nitrogens with zero attached hydrogens (tertiary/aromatic N) is 4. The smallest absolute Gasteiger partial charge is 0.250 e. The average molecular weight is 468 g/mol. The Bertz CT molecular complexity index is 1090. The number of amides is 1. The van der Waals surface area contributed by atoms with Crippen LogP contribution < -0.4 is 19.5 Å². The molecule has 0 aliphatic heterocycles. The standard InChI is InChI=1S/C24H29N5O5/c1-5-6-14-33-15-22(30)27-19-12-10-18(11-13-19)24-26-17(2)29(28-24)25-16-34-23-20(31-3)8-7-9-21(23)32-4/h7-13,16H,5-6,14-15H2,1-4H3,(H,27,30). The van der Waals surface area contributed by atoms with E-state index in [1.54, 1.807) is 51.5 Å². The van der Waals surface area contributed by atoms with Crippen molar-refractivity contribution in [1.29, 1.82) is 0 Å². The summed E-state index contributed by atoms with van der Waals surface area (Å²) in [6, 6.07) is 12.5. The maximum absolute atomic E-state index is 12.0. The summed E-state index contributed by atoms with van der Waals surface area (Å²) in [6.07, 6.45) is 3.21. The molecule has 10 heteroatoms. The largest absolute Gasteiger partial charge is 0.493 e. The van der Waals surface area contributed by atoms with Crippen molar-refractivity contribution in [3.05, 3.63) is 48.3 Å². The molecule has 1 aromatic heterocycles. The van der Waals surface area contributed by atoms with E-state index < -0.39 is 0 Å². The summed E-state index contributed by atoms with van der Waals surface area (Å²) in [6.45, 7) is 4.47. The molecule has 0 aliphatic carbocycles. The van der Waals surface area contributed by atoms with Crippen LogP contribution in [-0.4, -0.2) is 54.6 Å². The fourth-order valence-corrected chi connectivity index (χ4v) is 2.98. The predicted octanol–water partition coefficient (Wildman–Crippen LogP) is 3.90. The number of carbonyl (C=O) groups is 1. The molecule has 180 valence electrons. The minimum atomic E-state index is -0.192. The summed E-state index contributed by atoms with van der Waals surface area (Å²) in [5.41, 5.74) is 1.45. The molecule has 0 atom stereocenters. The molecule has 0 spiro atoms. The second-order valence-electron chi connectivity index (χ2n) is 7.23. The van der Waals surface area contributed by atoms with Gasteiger partial charge in [0.15, 0.2) is 23.1 Å². The molecule has 1 N–H and O–H groups in total. The molecule has 1 heterocycles. The van der Waals surface area contributed by atoms with Gasteiger partial charge in [-0.1, -0.05) is 19.4 Å². The molecule has 3 rings (SSSR count). The molecule has 0 saturated heterocycles. The van der Waals surface area contributed by atoms with Gasteiger partial charge in [-0.3, -0.25) is 4.79 Å². The lowest BCUT2D eigenvalue weighted by Gasteiger charge is -2.10. The van der Waals surface area contributed by atoms with Crippen molar-refractivity contribution in [2.75, 3.05) is 32.8 Å². The number of unbranched alkanes of at least 4 members (excludes halogenated alkanes) is 1. The number of methoxy groups -OCH3 is 2. The molecule has 0 saturated carbocycles. The third-order valence-corrected chi connectivity index (χ3v) is 4.76. The molecular weight excluding hydrogens is 438 g/mol. The first-order valence-corrected chi connectivity index (χ1v) is 10.9. The highest BCUT2D eigenvalue weighted by Gasteiger charge is 2.12. The number of nitrogens with one attached hydrogen (secondary N) is 1. The van der Waals surface area contributed by atoms with E-state index in [-0.39, 0.29) is 12.5 Å². The number of hydrogen-bond acceptors (Lipinski definition) is 8. The van der Waals surface area contributed by atoms with Crippen LogP contribution in [0.4, 0.5) is 5.69 Å². The molecule has 0 radical (unpaired) electrons. The zero-order valence-corrected chi connectivity index (χ0v) is 19.8. The molecule has 0 aliphatic rings. The Labute approximate surface area is 198 Å². The van der Waals surface area contributed by atoms with E-state index in [1.165, 1.54) is 11.2 Å². The van der Waals surface area contributed by atoms with Crippen LogP contribution in [0.5, 0.6) is 17.2 Å². The molecule has 3 aromatic rings. The maximum Gasteiger partial charge on any atom is 0.250 e. The van der Waals surface area contributed by atoms with Crippen molar-refractivity contribution < 1.29 is 23.7 Å². The Morgan fingerprint density at radius 2 is 1.82 bits per heavy atom. The molecule has 0 unspecified atom stereocenters. The second kappa shape index (κ2) is 12.4. The number of aromatic nitrogens is 3. The summed E-state index contributed by atoms with van der Waals surface area (Å²) >= 11 is 0. The van der Waals surface area contributed by atoms with Crippen LogP contribution in [0.3, 0.4) is 0 Å². The summed E-state index contributed by atoms with van der Waals surface area (Å²) in [7, 11) is 3.09. The maximum atomic E-state index is 12.0. The van der Waals surface area contributed by atoms with Gasteiger partial charge in [0.25, 0.3) is 0 Å². The number of aryl methyl sites for hydroxylation is 1. The first-order chi connectivity index (χ1) is 16.5. The first kappa shape index (κ1) is 24.7. The minimum absolute atomic E-state index is 0.0354. The number of carbonyl (C=O) groups excluding carboxylic acids is 1. The number of hydrogen-bond donors (Lipinski definition) is 1. The van der Waals surface area contributed by atoms with Crippen molar-refractivity contribution >= 4 is 18.0 Å². The van der Waals surface area contributed by atoms with Gasteiger partial charge in [0.05, 0.1) is 14.2 Å². The van der Waals surface area contributed by atoms with Crippen molar-refractivity contribution in [1.82, 2.24) is 14.9 Å². The average Bonchev–Trinajstić information content (AvgIpc) is 3.22. The van der Waals surface area contributed by atoms with E-state index in [9.17, 15) is 4.79 Å². The zero-order valence-electron chi connectivity index (χ0n) is 19.8. The molecule has 0 fully saturated rings. The highest BCUT2D eigenvalue weighted by molar-refractivity contribution is 5.91. The van der Waals surface area contributed by atoms with E-state index >= 15 is 0 Å². The van der Waals surface area contributed by atoms with Gasteiger partial charge in [0, 0.05) is 17.9 Å². The summed E-state index contributed by atoms with van der Waals surface area (Å²) in [5.74, 6) is 2.31. The van der Waals surface area contributed by atoms with E-state index in [0.29, 0.717) is 41.2 Å². The predicted molar refractivity (Wildman–Crippen MR) is 129 cm³/mol. The van der Waals surface area contributed by atoms with Gasteiger partial charge >= 0.3 is 0 Å². The van der Waals surface area contributed by atoms with Crippen molar-refractivity contribution in [3.8, 4) is 28.6 Å². The Balaban J connectivity index is 1.63. The number of benzene rings is 2. The van der Waals surface area contributed by atoms with Crippen LogP contribution in [0.25, 0.3) is 11.4 Å². The van der Waals surface area contributed by atoms with Crippen molar-refractivity contribution in [3.63, 3.8) is 0 Å². The lowest BCUT2D eigenvalue weighted by atomic mass is 10.2. The highest BCUT2D eigenvalue weighted by atomic mass is 16.5. The van der Waals surface area contributed by atoms with E-state index in [1.807, 2.05) is 12.1 Å². The fraction of sp³-hybridized carbons (Fsp3) is 0.333. The number of ether oxygens (including phenoxy) is 4. The molecule has 1 amide bonds. The Morgan fingerprint density at radius 3 is 2.47 bits per heavy atom. The van der Waals surface area contributed by atoms with Gasteiger partial charge in [0.2, 0.25) is 18.1 Å². The van der Waals surface area contributed by atoms with Gasteiger partial charge in [-0.2, -0.15) is 0 Å². The van der Waals surface area contributed by atoms with Crippen LogP contribution in [0, 0.1) is 6.92 Å². The topological polar surface area (TPSA) is 109 Å². The highest BCUT2D eigenvalue weighted by Crippen LogP contribution is 2.36. The zero-order chi connectivity index (χ0) is 24.3. The Morgan fingerprint density at radius 1 is 1.12 bits per heavy atom. The molecule has 0 bridgehead atoms. The third-order valence-electron chi connectivity index (χ3n) is 4.76. The van der Waals surface area contributed by atoms with E-state index in [2.05, 4.69) is 27.4 Å². The van der Waals surface area contributed by atoms with Crippen LogP contribution >= 0.6 is 0 Å². The second-order valence-corrected chi connectivity index (χ2v) is 7.23. The number of para-hydroxylation sites is 1. The molecular formula is C24H29N5O5. The lowest BCUT2D eigenvalue weighted by molar-refractivity contribution is -0.120. The van der Waals surface area contributed by atoms with E-state index in [0.717, 1.165) is 18.4 Å². The van der Waals surface area contributed by atoms with Crippen LogP contribution in [0.2, 0.25) is 0 Å². The summed E-state index contributed by atoms with van der Waals surface area (Å²) in [4.78, 5) is 17.8. The molecule has 34 heavy (non-hydrogen) atoms. The number of rotatable bonds is 12. The van der Waals surface area contributed by atoms with Gasteiger partial charge in [-0.05, 0) is 49.7 Å². The van der Waals surface area contributed by atoms with Gasteiger partial charge in [-0.25, -0.2) is 4.98 Å². The lowest BCUT2D eigenvalue weighted by Crippen LogP contribution is -2.18. The summed E-state index contributed by atoms with van der Waals surface area (Å²) in [5, 5.41) is 11.4. The SMILES string of the molecule is CCCCOCC(=O)Nc1ccc(-c2nc(C)n(N=COc3c(OC)cccc3OC)n2)cc1. The normalized spacial score (nSPS) is 10.9. The van der Waals surface area contributed by atoms with Crippen LogP contribution in [0.1, 0.15) is 25.6 Å². The molecule has 10 nitrogen and oxygen atoms in total. The third kappa shape index (κ3) is 6.55. The van der Waals surface area contributed by atoms with Crippen LogP contribution in [-0.2, 0) is 9.53 Å².